The van der Waals surface area contributed by atoms with Crippen molar-refractivity contribution in [1.82, 2.24) is 10.3 Å². The molecule has 0 unspecified atom stereocenters. The summed E-state index contributed by atoms with van der Waals surface area (Å²) in [5.41, 5.74) is 0.315. The van der Waals surface area contributed by atoms with Crippen LogP contribution >= 0.6 is 11.6 Å². The Hall–Kier alpha value is -0.640. The molecule has 0 bridgehead atoms. The molecular weight excluding hydrogens is 212 g/mol. The maximum absolute atomic E-state index is 10.3. The Kier molecular flexibility index (Phi) is 3.24. The van der Waals surface area contributed by atoms with Crippen LogP contribution in [0, 0.1) is 0 Å². The van der Waals surface area contributed by atoms with Crippen LogP contribution in [0.4, 0.5) is 0 Å². The molecular formula is C11H15ClN2O. The molecule has 3 nitrogen and oxygen atoms in total. The molecule has 2 N–H and O–H groups in total. The molecule has 0 aromatic carbocycles. The minimum atomic E-state index is -0.591. The van der Waals surface area contributed by atoms with Crippen LogP contribution in [0.5, 0.6) is 0 Å². The van der Waals surface area contributed by atoms with E-state index in [-0.39, 0.29) is 0 Å². The molecule has 1 aliphatic rings. The number of aliphatic hydroxyl groups is 1. The first-order valence-electron chi connectivity index (χ1n) is 5.22. The van der Waals surface area contributed by atoms with Gasteiger partial charge in [0.25, 0.3) is 0 Å². The van der Waals surface area contributed by atoms with Gasteiger partial charge < -0.3 is 10.4 Å². The Bertz CT molecular complexity index is 320. The highest BCUT2D eigenvalue weighted by Crippen LogP contribution is 2.22. The molecule has 4 heteroatoms. The van der Waals surface area contributed by atoms with E-state index in [4.69, 9.17) is 11.6 Å². The average Bonchev–Trinajstić information content (AvgIpc) is 2.22. The van der Waals surface area contributed by atoms with Crippen molar-refractivity contribution in [2.75, 3.05) is 13.1 Å². The zero-order valence-corrected chi connectivity index (χ0v) is 9.30. The lowest BCUT2D eigenvalue weighted by Crippen LogP contribution is -2.43. The fraction of sp³-hybridized carbons (Fsp3) is 0.545. The summed E-state index contributed by atoms with van der Waals surface area (Å²) in [7, 11) is 0. The van der Waals surface area contributed by atoms with E-state index in [1.165, 1.54) is 0 Å². The Labute approximate surface area is 94.5 Å². The standard InChI is InChI=1S/C11H15ClN2O/c12-9-1-2-10(14-8-9)7-11(15)3-5-13-6-4-11/h1-2,8,13,15H,3-7H2. The van der Waals surface area contributed by atoms with Gasteiger partial charge in [-0.15, -0.1) is 0 Å². The van der Waals surface area contributed by atoms with Gasteiger partial charge in [-0.3, -0.25) is 4.98 Å². The van der Waals surface area contributed by atoms with E-state index in [1.807, 2.05) is 12.1 Å². The van der Waals surface area contributed by atoms with Crippen LogP contribution in [0.25, 0.3) is 0 Å². The lowest BCUT2D eigenvalue weighted by molar-refractivity contribution is 0.0100. The van der Waals surface area contributed by atoms with Crippen LogP contribution in [-0.2, 0) is 6.42 Å². The predicted molar refractivity (Wildman–Crippen MR) is 60.0 cm³/mol. The quantitative estimate of drug-likeness (QED) is 0.801. The zero-order valence-electron chi connectivity index (χ0n) is 8.54. The van der Waals surface area contributed by atoms with Crippen molar-refractivity contribution >= 4 is 11.6 Å². The van der Waals surface area contributed by atoms with Gasteiger partial charge in [0, 0.05) is 18.3 Å². The molecule has 1 fully saturated rings. The first-order valence-corrected chi connectivity index (χ1v) is 5.59. The lowest BCUT2D eigenvalue weighted by Gasteiger charge is -2.32. The molecule has 1 aromatic heterocycles. The van der Waals surface area contributed by atoms with Crippen LogP contribution in [-0.4, -0.2) is 28.8 Å². The number of hydrogen-bond acceptors (Lipinski definition) is 3. The van der Waals surface area contributed by atoms with E-state index in [0.717, 1.165) is 31.6 Å². The largest absolute Gasteiger partial charge is 0.389 e. The predicted octanol–water partition coefficient (Wildman–Crippen LogP) is 1.39. The summed E-state index contributed by atoms with van der Waals surface area (Å²) in [5, 5.41) is 14.1. The van der Waals surface area contributed by atoms with Crippen LogP contribution in [0.1, 0.15) is 18.5 Å². The molecule has 1 aliphatic heterocycles. The van der Waals surface area contributed by atoms with Gasteiger partial charge in [-0.1, -0.05) is 11.6 Å². The van der Waals surface area contributed by atoms with Gasteiger partial charge in [0.15, 0.2) is 0 Å². The summed E-state index contributed by atoms with van der Waals surface area (Å²) in [4.78, 5) is 4.21. The van der Waals surface area contributed by atoms with Gasteiger partial charge in [-0.05, 0) is 38.1 Å². The highest BCUT2D eigenvalue weighted by molar-refractivity contribution is 6.30. The number of piperidine rings is 1. The number of halogens is 1. The number of nitrogens with zero attached hydrogens (tertiary/aromatic N) is 1. The molecule has 0 atom stereocenters. The smallest absolute Gasteiger partial charge is 0.0727 e. The summed E-state index contributed by atoms with van der Waals surface area (Å²) in [6, 6.07) is 3.69. The van der Waals surface area contributed by atoms with Crippen molar-refractivity contribution < 1.29 is 5.11 Å². The van der Waals surface area contributed by atoms with Crippen molar-refractivity contribution in [3.8, 4) is 0 Å². The lowest BCUT2D eigenvalue weighted by atomic mass is 9.88. The van der Waals surface area contributed by atoms with E-state index in [0.29, 0.717) is 11.4 Å². The van der Waals surface area contributed by atoms with Crippen molar-refractivity contribution in [2.24, 2.45) is 0 Å². The van der Waals surface area contributed by atoms with E-state index in [2.05, 4.69) is 10.3 Å². The van der Waals surface area contributed by atoms with E-state index >= 15 is 0 Å². The highest BCUT2D eigenvalue weighted by atomic mass is 35.5. The Morgan fingerprint density at radius 2 is 2.13 bits per heavy atom. The number of rotatable bonds is 2. The molecule has 2 heterocycles. The zero-order chi connectivity index (χ0) is 10.7. The van der Waals surface area contributed by atoms with Gasteiger partial charge >= 0.3 is 0 Å². The van der Waals surface area contributed by atoms with E-state index in [1.54, 1.807) is 6.20 Å². The minimum absolute atomic E-state index is 0.591. The monoisotopic (exact) mass is 226 g/mol. The van der Waals surface area contributed by atoms with Gasteiger partial charge in [0.1, 0.15) is 0 Å². The number of aromatic nitrogens is 1. The summed E-state index contributed by atoms with van der Waals surface area (Å²) in [5.74, 6) is 0. The molecule has 15 heavy (non-hydrogen) atoms. The van der Waals surface area contributed by atoms with Crippen molar-refractivity contribution in [2.45, 2.75) is 24.9 Å². The summed E-state index contributed by atoms with van der Waals surface area (Å²) in [6.07, 6.45) is 3.82. The van der Waals surface area contributed by atoms with Crippen molar-refractivity contribution in [1.29, 1.82) is 0 Å². The van der Waals surface area contributed by atoms with Gasteiger partial charge in [0.2, 0.25) is 0 Å². The second-order valence-corrected chi connectivity index (χ2v) is 4.56. The van der Waals surface area contributed by atoms with Gasteiger partial charge in [0.05, 0.1) is 10.6 Å². The van der Waals surface area contributed by atoms with Gasteiger partial charge in [-0.2, -0.15) is 0 Å². The first-order chi connectivity index (χ1) is 7.18. The third-order valence-corrected chi connectivity index (χ3v) is 3.06. The number of nitrogens with one attached hydrogen (secondary N) is 1. The third kappa shape index (κ3) is 2.91. The topological polar surface area (TPSA) is 45.2 Å². The van der Waals surface area contributed by atoms with Crippen LogP contribution in [0.2, 0.25) is 5.02 Å². The minimum Gasteiger partial charge on any atom is -0.389 e. The Morgan fingerprint density at radius 1 is 1.40 bits per heavy atom. The molecule has 2 rings (SSSR count). The third-order valence-electron chi connectivity index (χ3n) is 2.83. The second kappa shape index (κ2) is 4.47. The molecule has 0 radical (unpaired) electrons. The van der Waals surface area contributed by atoms with E-state index < -0.39 is 5.60 Å². The summed E-state index contributed by atoms with van der Waals surface area (Å²) < 4.78 is 0. The molecule has 0 saturated carbocycles. The summed E-state index contributed by atoms with van der Waals surface area (Å²) in [6.45, 7) is 1.76. The molecule has 0 aliphatic carbocycles. The molecule has 1 saturated heterocycles. The first kappa shape index (κ1) is 10.9. The number of pyridine rings is 1. The Balaban J connectivity index is 2.03. The second-order valence-electron chi connectivity index (χ2n) is 4.12. The normalized spacial score (nSPS) is 20.1. The average molecular weight is 227 g/mol. The highest BCUT2D eigenvalue weighted by Gasteiger charge is 2.29. The van der Waals surface area contributed by atoms with Crippen LogP contribution in [0.3, 0.4) is 0 Å². The molecule has 0 amide bonds. The molecule has 82 valence electrons. The SMILES string of the molecule is OC1(Cc2ccc(Cl)cn2)CCNCC1. The van der Waals surface area contributed by atoms with Crippen molar-refractivity contribution in [3.05, 3.63) is 29.0 Å². The molecule has 1 aromatic rings. The fourth-order valence-electron chi connectivity index (χ4n) is 1.92. The Morgan fingerprint density at radius 3 is 2.73 bits per heavy atom. The fourth-order valence-corrected chi connectivity index (χ4v) is 2.03. The maximum Gasteiger partial charge on any atom is 0.0727 e. The summed E-state index contributed by atoms with van der Waals surface area (Å²) >= 11 is 5.75. The van der Waals surface area contributed by atoms with Crippen LogP contribution in [0.15, 0.2) is 18.3 Å². The maximum atomic E-state index is 10.3. The van der Waals surface area contributed by atoms with Crippen molar-refractivity contribution in [3.63, 3.8) is 0 Å². The molecule has 0 spiro atoms. The number of hydrogen-bond donors (Lipinski definition) is 2. The van der Waals surface area contributed by atoms with E-state index in [9.17, 15) is 5.11 Å². The van der Waals surface area contributed by atoms with Crippen LogP contribution < -0.4 is 5.32 Å². The van der Waals surface area contributed by atoms with Gasteiger partial charge in [-0.25, -0.2) is 0 Å².